The van der Waals surface area contributed by atoms with Gasteiger partial charge in [-0.3, -0.25) is 10.1 Å². The summed E-state index contributed by atoms with van der Waals surface area (Å²) in [5, 5.41) is 19.8. The van der Waals surface area contributed by atoms with Crippen LogP contribution in [0.4, 0.5) is 10.1 Å². The van der Waals surface area contributed by atoms with E-state index in [1.54, 1.807) is 24.3 Å². The molecule has 2 aromatic carbocycles. The van der Waals surface area contributed by atoms with Crippen molar-refractivity contribution in [1.82, 2.24) is 0 Å². The number of nitriles is 1. The highest BCUT2D eigenvalue weighted by Gasteiger charge is 2.12. The van der Waals surface area contributed by atoms with Crippen LogP contribution in [0.2, 0.25) is 0 Å². The molecule has 0 fully saturated rings. The molecule has 5 heteroatoms. The maximum absolute atomic E-state index is 12.9. The Balaban J connectivity index is 2.16. The Labute approximate surface area is 115 Å². The fourth-order valence-corrected chi connectivity index (χ4v) is 1.92. The number of hydrogen-bond acceptors (Lipinski definition) is 3. The number of nitro groups is 1. The van der Waals surface area contributed by atoms with E-state index in [4.69, 9.17) is 0 Å². The van der Waals surface area contributed by atoms with Crippen molar-refractivity contribution in [3.63, 3.8) is 0 Å². The van der Waals surface area contributed by atoms with E-state index in [0.29, 0.717) is 6.42 Å². The fraction of sp³-hybridized carbons (Fsp3) is 0.133. The SMILES string of the molecule is N#CC(Cc1ccc([N+](=O)[O-])cc1)c1ccc(F)cc1. The zero-order valence-corrected chi connectivity index (χ0v) is 10.5. The zero-order valence-electron chi connectivity index (χ0n) is 10.5. The van der Waals surface area contributed by atoms with Gasteiger partial charge in [0.2, 0.25) is 0 Å². The van der Waals surface area contributed by atoms with Crippen LogP contribution in [0.3, 0.4) is 0 Å². The number of hydrogen-bond donors (Lipinski definition) is 0. The van der Waals surface area contributed by atoms with Crippen LogP contribution >= 0.6 is 0 Å². The van der Waals surface area contributed by atoms with Crippen molar-refractivity contribution in [2.45, 2.75) is 12.3 Å². The van der Waals surface area contributed by atoms with Gasteiger partial charge in [-0.15, -0.1) is 0 Å². The molecule has 0 aliphatic heterocycles. The lowest BCUT2D eigenvalue weighted by Crippen LogP contribution is -2.01. The maximum Gasteiger partial charge on any atom is 0.269 e. The van der Waals surface area contributed by atoms with Gasteiger partial charge in [0.25, 0.3) is 5.69 Å². The first-order valence-electron chi connectivity index (χ1n) is 5.98. The van der Waals surface area contributed by atoms with E-state index in [9.17, 15) is 19.8 Å². The lowest BCUT2D eigenvalue weighted by atomic mass is 9.93. The predicted molar refractivity (Wildman–Crippen MR) is 71.6 cm³/mol. The largest absolute Gasteiger partial charge is 0.269 e. The number of non-ortho nitro benzene ring substituents is 1. The Kier molecular flexibility index (Phi) is 4.06. The summed E-state index contributed by atoms with van der Waals surface area (Å²) >= 11 is 0. The van der Waals surface area contributed by atoms with Gasteiger partial charge >= 0.3 is 0 Å². The van der Waals surface area contributed by atoms with E-state index in [1.807, 2.05) is 0 Å². The average Bonchev–Trinajstić information content (AvgIpc) is 2.46. The standard InChI is InChI=1S/C15H11FN2O2/c16-14-5-3-12(4-6-14)13(10-17)9-11-1-7-15(8-2-11)18(19)20/h1-8,13H,9H2. The second kappa shape index (κ2) is 5.93. The van der Waals surface area contributed by atoms with Crippen LogP contribution in [-0.2, 0) is 6.42 Å². The molecular weight excluding hydrogens is 259 g/mol. The molecule has 0 bridgehead atoms. The molecular formula is C15H11FN2O2. The number of nitrogens with zero attached hydrogens (tertiary/aromatic N) is 2. The quantitative estimate of drug-likeness (QED) is 0.630. The van der Waals surface area contributed by atoms with Gasteiger partial charge in [0.1, 0.15) is 5.82 Å². The third kappa shape index (κ3) is 3.18. The molecule has 0 aliphatic carbocycles. The minimum absolute atomic E-state index is 0.0176. The molecule has 0 aliphatic rings. The van der Waals surface area contributed by atoms with Crippen LogP contribution < -0.4 is 0 Å². The van der Waals surface area contributed by atoms with Crippen LogP contribution in [0.5, 0.6) is 0 Å². The second-order valence-corrected chi connectivity index (χ2v) is 4.36. The second-order valence-electron chi connectivity index (χ2n) is 4.36. The maximum atomic E-state index is 12.9. The number of benzene rings is 2. The van der Waals surface area contributed by atoms with Crippen LogP contribution in [0.1, 0.15) is 17.0 Å². The summed E-state index contributed by atoms with van der Waals surface area (Å²) in [5.41, 5.74) is 1.57. The van der Waals surface area contributed by atoms with Crippen molar-refractivity contribution in [2.75, 3.05) is 0 Å². The molecule has 0 aromatic heterocycles. The molecule has 1 atom stereocenters. The topological polar surface area (TPSA) is 66.9 Å². The van der Waals surface area contributed by atoms with Gasteiger partial charge in [-0.25, -0.2) is 4.39 Å². The van der Waals surface area contributed by atoms with Crippen LogP contribution in [0, 0.1) is 27.3 Å². The third-order valence-corrected chi connectivity index (χ3v) is 3.02. The van der Waals surface area contributed by atoms with Crippen LogP contribution in [-0.4, -0.2) is 4.92 Å². The van der Waals surface area contributed by atoms with E-state index in [1.165, 1.54) is 24.3 Å². The molecule has 0 radical (unpaired) electrons. The molecule has 20 heavy (non-hydrogen) atoms. The van der Waals surface area contributed by atoms with Crippen molar-refractivity contribution in [1.29, 1.82) is 5.26 Å². The summed E-state index contributed by atoms with van der Waals surface area (Å²) in [6, 6.07) is 14.0. The number of halogens is 1. The Hall–Kier alpha value is -2.74. The molecule has 4 nitrogen and oxygen atoms in total. The summed E-state index contributed by atoms with van der Waals surface area (Å²) < 4.78 is 12.9. The van der Waals surface area contributed by atoms with E-state index in [0.717, 1.165) is 11.1 Å². The van der Waals surface area contributed by atoms with Gasteiger partial charge < -0.3 is 0 Å². The summed E-state index contributed by atoms with van der Waals surface area (Å²) in [7, 11) is 0. The van der Waals surface area contributed by atoms with Crippen molar-refractivity contribution < 1.29 is 9.31 Å². The summed E-state index contributed by atoms with van der Waals surface area (Å²) in [5.74, 6) is -0.752. The molecule has 0 saturated heterocycles. The van der Waals surface area contributed by atoms with Crippen molar-refractivity contribution in [2.24, 2.45) is 0 Å². The van der Waals surface area contributed by atoms with Gasteiger partial charge in [0.05, 0.1) is 16.9 Å². The highest BCUT2D eigenvalue weighted by atomic mass is 19.1. The number of nitro benzene ring substituents is 1. The summed E-state index contributed by atoms with van der Waals surface area (Å²) in [4.78, 5) is 10.1. The smallest absolute Gasteiger partial charge is 0.258 e. The highest BCUT2D eigenvalue weighted by Crippen LogP contribution is 2.22. The van der Waals surface area contributed by atoms with E-state index >= 15 is 0 Å². The van der Waals surface area contributed by atoms with Gasteiger partial charge in [0.15, 0.2) is 0 Å². The lowest BCUT2D eigenvalue weighted by molar-refractivity contribution is -0.384. The molecule has 2 aromatic rings. The monoisotopic (exact) mass is 270 g/mol. The van der Waals surface area contributed by atoms with Crippen LogP contribution in [0.15, 0.2) is 48.5 Å². The molecule has 0 spiro atoms. The predicted octanol–water partition coefficient (Wildman–Crippen LogP) is 3.58. The normalized spacial score (nSPS) is 11.6. The molecule has 0 saturated carbocycles. The number of rotatable bonds is 4. The Morgan fingerprint density at radius 1 is 1.15 bits per heavy atom. The van der Waals surface area contributed by atoms with Gasteiger partial charge in [0, 0.05) is 12.1 Å². The molecule has 0 N–H and O–H groups in total. The zero-order chi connectivity index (χ0) is 14.5. The van der Waals surface area contributed by atoms with Gasteiger partial charge in [-0.1, -0.05) is 24.3 Å². The Bertz CT molecular complexity index is 645. The third-order valence-electron chi connectivity index (χ3n) is 3.02. The van der Waals surface area contributed by atoms with E-state index in [2.05, 4.69) is 6.07 Å². The highest BCUT2D eigenvalue weighted by molar-refractivity contribution is 5.35. The van der Waals surface area contributed by atoms with Crippen molar-refractivity contribution in [3.05, 3.63) is 75.6 Å². The van der Waals surface area contributed by atoms with Gasteiger partial charge in [-0.2, -0.15) is 5.26 Å². The molecule has 1 unspecified atom stereocenters. The molecule has 0 amide bonds. The average molecular weight is 270 g/mol. The molecule has 2 rings (SSSR count). The molecule has 100 valence electrons. The van der Waals surface area contributed by atoms with Crippen molar-refractivity contribution >= 4 is 5.69 Å². The molecule has 0 heterocycles. The van der Waals surface area contributed by atoms with E-state index < -0.39 is 10.8 Å². The first kappa shape index (κ1) is 13.7. The Morgan fingerprint density at radius 3 is 2.25 bits per heavy atom. The lowest BCUT2D eigenvalue weighted by Gasteiger charge is -2.09. The van der Waals surface area contributed by atoms with Crippen molar-refractivity contribution in [3.8, 4) is 6.07 Å². The Morgan fingerprint density at radius 2 is 1.75 bits per heavy atom. The first-order valence-corrected chi connectivity index (χ1v) is 5.98. The summed E-state index contributed by atoms with van der Waals surface area (Å²) in [6.45, 7) is 0. The summed E-state index contributed by atoms with van der Waals surface area (Å²) in [6.07, 6.45) is 0.431. The minimum Gasteiger partial charge on any atom is -0.258 e. The van der Waals surface area contributed by atoms with Crippen LogP contribution in [0.25, 0.3) is 0 Å². The minimum atomic E-state index is -0.467. The first-order chi connectivity index (χ1) is 9.60. The fourth-order valence-electron chi connectivity index (χ4n) is 1.92. The van der Waals surface area contributed by atoms with Gasteiger partial charge in [-0.05, 0) is 29.7 Å². The van der Waals surface area contributed by atoms with E-state index in [-0.39, 0.29) is 11.5 Å².